The number of fused-ring (bicyclic) bond motifs is 1. The zero-order valence-corrected chi connectivity index (χ0v) is 11.5. The van der Waals surface area contributed by atoms with Gasteiger partial charge in [0.05, 0.1) is 16.4 Å². The van der Waals surface area contributed by atoms with Crippen molar-refractivity contribution in [2.75, 3.05) is 5.43 Å². The topological polar surface area (TPSA) is 83.2 Å². The van der Waals surface area contributed by atoms with Crippen LogP contribution in [-0.4, -0.2) is 23.9 Å². The van der Waals surface area contributed by atoms with Crippen LogP contribution in [0.15, 0.2) is 69.7 Å². The number of nitrogens with zero attached hydrogens (tertiary/aromatic N) is 3. The van der Waals surface area contributed by atoms with Crippen LogP contribution in [0.25, 0.3) is 0 Å². The Morgan fingerprint density at radius 1 is 1.05 bits per heavy atom. The van der Waals surface area contributed by atoms with E-state index in [0.717, 1.165) is 0 Å². The Kier molecular flexibility index (Phi) is 3.82. The second kappa shape index (κ2) is 6.09. The predicted molar refractivity (Wildman–Crippen MR) is 81.1 cm³/mol. The Labute approximate surface area is 125 Å². The number of benzene rings is 2. The van der Waals surface area contributed by atoms with Crippen LogP contribution in [0.4, 0.5) is 5.69 Å². The number of nitrogens with one attached hydrogen (secondary N) is 1. The van der Waals surface area contributed by atoms with E-state index < -0.39 is 11.9 Å². The van der Waals surface area contributed by atoms with Gasteiger partial charge in [0.2, 0.25) is 0 Å². The first kappa shape index (κ1) is 13.8. The van der Waals surface area contributed by atoms with Crippen molar-refractivity contribution in [2.24, 2.45) is 15.1 Å². The molecule has 1 N–H and O–H groups in total. The van der Waals surface area contributed by atoms with Crippen LogP contribution in [0.5, 0.6) is 0 Å². The largest absolute Gasteiger partial charge is 0.296 e. The second-order valence-electron chi connectivity index (χ2n) is 4.60. The first-order valence-corrected chi connectivity index (χ1v) is 6.67. The molecule has 0 bridgehead atoms. The minimum absolute atomic E-state index is 0.00731. The molecular formula is C16H12N4O2. The van der Waals surface area contributed by atoms with Crippen molar-refractivity contribution >= 4 is 23.6 Å². The fourth-order valence-corrected chi connectivity index (χ4v) is 2.03. The van der Waals surface area contributed by atoms with E-state index in [1.165, 1.54) is 0 Å². The van der Waals surface area contributed by atoms with E-state index in [9.17, 15) is 9.59 Å². The fraction of sp³-hybridized carbons (Fsp3) is 0.0625. The third-order valence-corrected chi connectivity index (χ3v) is 3.10. The molecule has 1 unspecified atom stereocenters. The molecule has 1 aliphatic rings. The maximum absolute atomic E-state index is 12.0. The minimum Gasteiger partial charge on any atom is -0.296 e. The van der Waals surface area contributed by atoms with Crippen molar-refractivity contribution in [3.8, 4) is 0 Å². The molecule has 6 nitrogen and oxygen atoms in total. The molecule has 0 aliphatic carbocycles. The molecule has 0 aromatic heterocycles. The molecule has 2 aromatic rings. The molecule has 6 heteroatoms. The third kappa shape index (κ3) is 2.80. The van der Waals surface area contributed by atoms with Gasteiger partial charge in [-0.25, -0.2) is 4.99 Å². The fourth-order valence-electron chi connectivity index (χ4n) is 2.03. The van der Waals surface area contributed by atoms with Crippen molar-refractivity contribution in [1.82, 2.24) is 0 Å². The summed E-state index contributed by atoms with van der Waals surface area (Å²) in [5, 5.41) is 5.06. The van der Waals surface area contributed by atoms with Gasteiger partial charge in [0, 0.05) is 0 Å². The SMILES string of the molecule is O=C/C(=N/Nc1ccccc1)C1N=c2ccccc2=NC1=O. The Morgan fingerprint density at radius 3 is 2.45 bits per heavy atom. The molecule has 1 amide bonds. The molecule has 22 heavy (non-hydrogen) atoms. The summed E-state index contributed by atoms with van der Waals surface area (Å²) >= 11 is 0. The Hall–Kier alpha value is -3.15. The summed E-state index contributed by atoms with van der Waals surface area (Å²) < 4.78 is 0. The summed E-state index contributed by atoms with van der Waals surface area (Å²) in [4.78, 5) is 31.5. The highest BCUT2D eigenvalue weighted by atomic mass is 16.2. The lowest BCUT2D eigenvalue weighted by atomic mass is 10.1. The first-order chi connectivity index (χ1) is 10.8. The number of rotatable bonds is 4. The number of para-hydroxylation sites is 3. The lowest BCUT2D eigenvalue weighted by Crippen LogP contribution is -2.41. The summed E-state index contributed by atoms with van der Waals surface area (Å²) in [6, 6.07) is 15.1. The zero-order chi connectivity index (χ0) is 15.4. The highest BCUT2D eigenvalue weighted by molar-refractivity contribution is 6.36. The number of hydrogen-bond donors (Lipinski definition) is 1. The first-order valence-electron chi connectivity index (χ1n) is 6.67. The lowest BCUT2D eigenvalue weighted by Gasteiger charge is -2.11. The molecule has 108 valence electrons. The molecule has 0 radical (unpaired) electrons. The van der Waals surface area contributed by atoms with Crippen LogP contribution in [-0.2, 0) is 9.59 Å². The van der Waals surface area contributed by atoms with Gasteiger partial charge < -0.3 is 0 Å². The minimum atomic E-state index is -1.01. The molecule has 3 rings (SSSR count). The van der Waals surface area contributed by atoms with E-state index >= 15 is 0 Å². The molecule has 0 spiro atoms. The Bertz CT molecular complexity index is 859. The van der Waals surface area contributed by atoms with Gasteiger partial charge in [-0.3, -0.25) is 20.0 Å². The van der Waals surface area contributed by atoms with Gasteiger partial charge in [-0.05, 0) is 24.3 Å². The van der Waals surface area contributed by atoms with E-state index in [2.05, 4.69) is 20.5 Å². The number of carbonyl (C=O) groups excluding carboxylic acids is 2. The number of hydrogen-bond acceptors (Lipinski definition) is 5. The molecule has 1 atom stereocenters. The van der Waals surface area contributed by atoms with Gasteiger partial charge in [0.1, 0.15) is 5.71 Å². The summed E-state index contributed by atoms with van der Waals surface area (Å²) in [6.45, 7) is 0. The average Bonchev–Trinajstić information content (AvgIpc) is 2.56. The van der Waals surface area contributed by atoms with Crippen LogP contribution in [0, 0.1) is 0 Å². The van der Waals surface area contributed by atoms with Crippen LogP contribution in [0.3, 0.4) is 0 Å². The predicted octanol–water partition coefficient (Wildman–Crippen LogP) is 0.502. The third-order valence-electron chi connectivity index (χ3n) is 3.10. The van der Waals surface area contributed by atoms with Gasteiger partial charge >= 0.3 is 0 Å². The van der Waals surface area contributed by atoms with Gasteiger partial charge in [-0.2, -0.15) is 5.10 Å². The number of anilines is 1. The van der Waals surface area contributed by atoms with Crippen molar-refractivity contribution in [3.63, 3.8) is 0 Å². The highest BCUT2D eigenvalue weighted by Gasteiger charge is 2.25. The molecule has 0 saturated carbocycles. The van der Waals surface area contributed by atoms with Crippen LogP contribution in [0.1, 0.15) is 0 Å². The van der Waals surface area contributed by atoms with E-state index in [1.54, 1.807) is 36.4 Å². The lowest BCUT2D eigenvalue weighted by molar-refractivity contribution is -0.118. The van der Waals surface area contributed by atoms with E-state index in [-0.39, 0.29) is 5.71 Å². The summed E-state index contributed by atoms with van der Waals surface area (Å²) in [5.74, 6) is -0.501. The van der Waals surface area contributed by atoms with Gasteiger partial charge in [-0.1, -0.05) is 30.3 Å². The van der Waals surface area contributed by atoms with Crippen molar-refractivity contribution in [1.29, 1.82) is 0 Å². The molecule has 1 heterocycles. The second-order valence-corrected chi connectivity index (χ2v) is 4.60. The summed E-state index contributed by atoms with van der Waals surface area (Å²) in [6.07, 6.45) is 0.519. The van der Waals surface area contributed by atoms with E-state index in [1.807, 2.05) is 18.2 Å². The maximum Gasteiger partial charge on any atom is 0.277 e. The zero-order valence-electron chi connectivity index (χ0n) is 11.5. The number of carbonyl (C=O) groups is 2. The van der Waals surface area contributed by atoms with Gasteiger partial charge in [0.25, 0.3) is 5.91 Å². The number of amides is 1. The number of aldehydes is 1. The average molecular weight is 292 g/mol. The molecular weight excluding hydrogens is 280 g/mol. The van der Waals surface area contributed by atoms with Crippen LogP contribution >= 0.6 is 0 Å². The maximum atomic E-state index is 12.0. The molecule has 2 aromatic carbocycles. The van der Waals surface area contributed by atoms with E-state index in [4.69, 9.17) is 0 Å². The van der Waals surface area contributed by atoms with Crippen molar-refractivity contribution in [3.05, 3.63) is 65.3 Å². The van der Waals surface area contributed by atoms with Gasteiger partial charge in [-0.15, -0.1) is 0 Å². The molecule has 1 aliphatic heterocycles. The Balaban J connectivity index is 1.93. The molecule has 0 saturated heterocycles. The molecule has 0 fully saturated rings. The quantitative estimate of drug-likeness (QED) is 0.506. The van der Waals surface area contributed by atoms with Crippen molar-refractivity contribution < 1.29 is 9.59 Å². The standard InChI is InChI=1S/C16H12N4O2/c21-10-14(20-19-11-6-2-1-3-7-11)15-16(22)18-13-9-5-4-8-12(13)17-15/h1-10,15,19H/b20-14-. The van der Waals surface area contributed by atoms with Crippen molar-refractivity contribution in [2.45, 2.75) is 6.04 Å². The Morgan fingerprint density at radius 2 is 1.73 bits per heavy atom. The smallest absolute Gasteiger partial charge is 0.277 e. The summed E-state index contributed by atoms with van der Waals surface area (Å²) in [5.41, 5.74) is 3.44. The summed E-state index contributed by atoms with van der Waals surface area (Å²) in [7, 11) is 0. The van der Waals surface area contributed by atoms with Gasteiger partial charge in [0.15, 0.2) is 12.3 Å². The van der Waals surface area contributed by atoms with E-state index in [0.29, 0.717) is 22.7 Å². The number of hydrazone groups is 1. The highest BCUT2D eigenvalue weighted by Crippen LogP contribution is 2.06. The van der Waals surface area contributed by atoms with Crippen LogP contribution < -0.4 is 16.1 Å². The monoisotopic (exact) mass is 292 g/mol. The van der Waals surface area contributed by atoms with Crippen LogP contribution in [0.2, 0.25) is 0 Å². The normalized spacial score (nSPS) is 17.0.